The molecule has 25 heavy (non-hydrogen) atoms. The number of hydrogen-bond acceptors (Lipinski definition) is 4. The molecule has 0 radical (unpaired) electrons. The van der Waals surface area contributed by atoms with Crippen LogP contribution in [0.3, 0.4) is 0 Å². The van der Waals surface area contributed by atoms with Crippen molar-refractivity contribution in [3.63, 3.8) is 0 Å². The van der Waals surface area contributed by atoms with E-state index in [1.54, 1.807) is 20.3 Å². The molecule has 0 aliphatic heterocycles. The lowest BCUT2D eigenvalue weighted by atomic mass is 10.1. The van der Waals surface area contributed by atoms with Crippen molar-refractivity contribution in [2.75, 3.05) is 27.4 Å². The van der Waals surface area contributed by atoms with E-state index in [2.05, 4.69) is 21.2 Å². The molecule has 2 aromatic rings. The van der Waals surface area contributed by atoms with Crippen LogP contribution in [0.1, 0.15) is 11.1 Å². The van der Waals surface area contributed by atoms with Gasteiger partial charge in [-0.15, -0.1) is 0 Å². The molecule has 0 aliphatic rings. The number of benzene rings is 2. The van der Waals surface area contributed by atoms with E-state index in [-0.39, 0.29) is 12.4 Å². The maximum atomic E-state index is 13.2. The molecule has 0 atom stereocenters. The first-order valence-corrected chi connectivity index (χ1v) is 8.85. The molecular weight excluding hydrogens is 413 g/mol. The second-order valence-electron chi connectivity index (χ2n) is 5.25. The van der Waals surface area contributed by atoms with E-state index in [1.807, 2.05) is 12.1 Å². The van der Waals surface area contributed by atoms with E-state index in [4.69, 9.17) is 25.8 Å². The van der Waals surface area contributed by atoms with Gasteiger partial charge in [0.15, 0.2) is 11.5 Å². The van der Waals surface area contributed by atoms with Crippen molar-refractivity contribution in [1.29, 1.82) is 0 Å². The summed E-state index contributed by atoms with van der Waals surface area (Å²) in [6, 6.07) is 7.97. The zero-order chi connectivity index (χ0) is 18.2. The maximum Gasteiger partial charge on any atom is 0.167 e. The van der Waals surface area contributed by atoms with Gasteiger partial charge in [0.05, 0.1) is 18.7 Å². The van der Waals surface area contributed by atoms with Crippen LogP contribution in [0.4, 0.5) is 4.39 Å². The van der Waals surface area contributed by atoms with Crippen LogP contribution < -0.4 is 14.8 Å². The van der Waals surface area contributed by atoms with Gasteiger partial charge in [-0.3, -0.25) is 0 Å². The summed E-state index contributed by atoms with van der Waals surface area (Å²) < 4.78 is 30.5. The molecule has 0 aliphatic carbocycles. The number of rotatable bonds is 9. The third kappa shape index (κ3) is 5.57. The van der Waals surface area contributed by atoms with Crippen LogP contribution in [0.15, 0.2) is 34.8 Å². The van der Waals surface area contributed by atoms with Crippen molar-refractivity contribution >= 4 is 27.5 Å². The van der Waals surface area contributed by atoms with Gasteiger partial charge in [-0.25, -0.2) is 4.39 Å². The molecule has 0 saturated carbocycles. The highest BCUT2D eigenvalue weighted by molar-refractivity contribution is 9.10. The molecule has 136 valence electrons. The number of hydrogen-bond donors (Lipinski definition) is 1. The summed E-state index contributed by atoms with van der Waals surface area (Å²) in [5.74, 6) is 0.851. The molecule has 7 heteroatoms. The van der Waals surface area contributed by atoms with Crippen molar-refractivity contribution in [1.82, 2.24) is 5.32 Å². The van der Waals surface area contributed by atoms with Gasteiger partial charge in [0.25, 0.3) is 0 Å². The zero-order valence-electron chi connectivity index (χ0n) is 14.1. The van der Waals surface area contributed by atoms with Crippen molar-refractivity contribution in [2.45, 2.75) is 13.2 Å². The fraction of sp³-hybridized carbons (Fsp3) is 0.333. The first-order valence-electron chi connectivity index (χ1n) is 7.68. The van der Waals surface area contributed by atoms with Crippen LogP contribution in [0.5, 0.6) is 11.5 Å². The summed E-state index contributed by atoms with van der Waals surface area (Å²) in [4.78, 5) is 0. The van der Waals surface area contributed by atoms with Gasteiger partial charge in [-0.2, -0.15) is 0 Å². The smallest absolute Gasteiger partial charge is 0.167 e. The summed E-state index contributed by atoms with van der Waals surface area (Å²) in [5.41, 5.74) is 1.62. The van der Waals surface area contributed by atoms with Crippen molar-refractivity contribution in [3.05, 3.63) is 56.8 Å². The van der Waals surface area contributed by atoms with Gasteiger partial charge in [-0.05, 0) is 24.3 Å². The lowest BCUT2D eigenvalue weighted by Gasteiger charge is -2.17. The predicted octanol–water partition coefficient (Wildman–Crippen LogP) is 4.57. The summed E-state index contributed by atoms with van der Waals surface area (Å²) in [5, 5.41) is 3.61. The average Bonchev–Trinajstić information content (AvgIpc) is 2.59. The van der Waals surface area contributed by atoms with Crippen LogP contribution in [-0.2, 0) is 17.9 Å². The van der Waals surface area contributed by atoms with E-state index in [1.165, 1.54) is 12.1 Å². The van der Waals surface area contributed by atoms with Crippen LogP contribution >= 0.6 is 27.5 Å². The molecule has 2 aromatic carbocycles. The lowest BCUT2D eigenvalue weighted by Crippen LogP contribution is -2.19. The first kappa shape index (κ1) is 20.0. The Bertz CT molecular complexity index is 715. The molecule has 4 nitrogen and oxygen atoms in total. The molecular formula is C18H20BrClFNO3. The van der Waals surface area contributed by atoms with Gasteiger partial charge in [0, 0.05) is 35.8 Å². The Morgan fingerprint density at radius 1 is 1.20 bits per heavy atom. The summed E-state index contributed by atoms with van der Waals surface area (Å²) >= 11 is 9.62. The Kier molecular flexibility index (Phi) is 7.96. The molecule has 2 rings (SSSR count). The SMILES string of the molecule is COCCNCc1c(Br)ccc(OC)c1OCc1ccc(F)cc1Cl. The third-order valence-corrected chi connectivity index (χ3v) is 4.65. The van der Waals surface area contributed by atoms with Gasteiger partial charge >= 0.3 is 0 Å². The highest BCUT2D eigenvalue weighted by Crippen LogP contribution is 2.37. The lowest BCUT2D eigenvalue weighted by molar-refractivity contribution is 0.199. The fourth-order valence-electron chi connectivity index (χ4n) is 2.24. The second-order valence-corrected chi connectivity index (χ2v) is 6.51. The topological polar surface area (TPSA) is 39.7 Å². The fourth-order valence-corrected chi connectivity index (χ4v) is 2.92. The standard InChI is InChI=1S/C18H20BrClFNO3/c1-23-8-7-22-10-14-15(19)5-6-17(24-2)18(14)25-11-12-3-4-13(21)9-16(12)20/h3-6,9,22H,7-8,10-11H2,1-2H3. The Morgan fingerprint density at radius 2 is 2.00 bits per heavy atom. The molecule has 0 bridgehead atoms. The van der Waals surface area contributed by atoms with Gasteiger partial charge in [0.1, 0.15) is 12.4 Å². The summed E-state index contributed by atoms with van der Waals surface area (Å²) in [6.45, 7) is 2.11. The van der Waals surface area contributed by atoms with E-state index < -0.39 is 0 Å². The predicted molar refractivity (Wildman–Crippen MR) is 100 cm³/mol. The van der Waals surface area contributed by atoms with Crippen LogP contribution in [0, 0.1) is 5.82 Å². The molecule has 0 fully saturated rings. The van der Waals surface area contributed by atoms with Crippen LogP contribution in [-0.4, -0.2) is 27.4 Å². The monoisotopic (exact) mass is 431 g/mol. The first-order chi connectivity index (χ1) is 12.1. The molecule has 0 spiro atoms. The normalized spacial score (nSPS) is 10.8. The molecule has 0 aromatic heterocycles. The van der Waals surface area contributed by atoms with Gasteiger partial charge < -0.3 is 19.5 Å². The molecule has 1 N–H and O–H groups in total. The maximum absolute atomic E-state index is 13.2. The second kappa shape index (κ2) is 9.97. The Balaban J connectivity index is 2.20. The highest BCUT2D eigenvalue weighted by atomic mass is 79.9. The number of ether oxygens (including phenoxy) is 3. The number of methoxy groups -OCH3 is 2. The van der Waals surface area contributed by atoms with Crippen molar-refractivity contribution in [3.8, 4) is 11.5 Å². The zero-order valence-corrected chi connectivity index (χ0v) is 16.4. The molecule has 0 saturated heterocycles. The highest BCUT2D eigenvalue weighted by Gasteiger charge is 2.15. The Labute approximate surface area is 160 Å². The van der Waals surface area contributed by atoms with Crippen LogP contribution in [0.2, 0.25) is 5.02 Å². The summed E-state index contributed by atoms with van der Waals surface area (Å²) in [6.07, 6.45) is 0. The molecule has 0 heterocycles. The average molecular weight is 433 g/mol. The van der Waals surface area contributed by atoms with Gasteiger partial charge in [0.2, 0.25) is 0 Å². The Hall–Kier alpha value is -1.34. The minimum atomic E-state index is -0.378. The number of halogens is 3. The molecule has 0 amide bonds. The van der Waals surface area contributed by atoms with Crippen molar-refractivity contribution < 1.29 is 18.6 Å². The van der Waals surface area contributed by atoms with E-state index in [9.17, 15) is 4.39 Å². The van der Waals surface area contributed by atoms with E-state index >= 15 is 0 Å². The minimum absolute atomic E-state index is 0.205. The van der Waals surface area contributed by atoms with Crippen LogP contribution in [0.25, 0.3) is 0 Å². The quantitative estimate of drug-likeness (QED) is 0.590. The third-order valence-electron chi connectivity index (χ3n) is 3.56. The Morgan fingerprint density at radius 3 is 2.68 bits per heavy atom. The van der Waals surface area contributed by atoms with Crippen molar-refractivity contribution in [2.24, 2.45) is 0 Å². The van der Waals surface area contributed by atoms with Gasteiger partial charge in [-0.1, -0.05) is 33.6 Å². The number of nitrogens with one attached hydrogen (secondary N) is 1. The molecule has 0 unspecified atom stereocenters. The largest absolute Gasteiger partial charge is 0.493 e. The van der Waals surface area contributed by atoms with E-state index in [0.717, 1.165) is 10.0 Å². The van der Waals surface area contributed by atoms with E-state index in [0.29, 0.717) is 41.8 Å². The summed E-state index contributed by atoms with van der Waals surface area (Å²) in [7, 11) is 3.24. The minimum Gasteiger partial charge on any atom is -0.493 e.